The van der Waals surface area contributed by atoms with Crippen molar-refractivity contribution >= 4 is 48.3 Å². The maximum absolute atomic E-state index is 9.82. The van der Waals surface area contributed by atoms with Gasteiger partial charge >= 0.3 is 0 Å². The lowest BCUT2D eigenvalue weighted by molar-refractivity contribution is 0.187. The highest BCUT2D eigenvalue weighted by Gasteiger charge is 2.42. The number of allylic oxidation sites excluding steroid dienone is 1. The predicted molar refractivity (Wildman–Crippen MR) is 146 cm³/mol. The number of para-hydroxylation sites is 1. The average Bonchev–Trinajstić information content (AvgIpc) is 3.32. The zero-order valence-electron chi connectivity index (χ0n) is 20.1. The second-order valence-electron chi connectivity index (χ2n) is 9.42. The standard InChI is InChI=1S/C25H33N6OPS/c1-14(33)11-18(26)12-27-24-28-16(3)21(23-29-19-7-5-6-8-20(19)34-23)22(30-24)31-25(4)10-9-17(13-32)15(25)2/h5-8,11,15,17,26,32H,9-10,12-13,33H2,1-4H3,(H2,27,28,30,31). The van der Waals surface area contributed by atoms with Crippen LogP contribution in [0.5, 0.6) is 0 Å². The largest absolute Gasteiger partial charge is 0.396 e. The van der Waals surface area contributed by atoms with Gasteiger partial charge in [-0.25, -0.2) is 9.97 Å². The quantitative estimate of drug-likeness (QED) is 0.243. The third-order valence-electron chi connectivity index (χ3n) is 6.82. The van der Waals surface area contributed by atoms with Crippen molar-refractivity contribution in [3.05, 3.63) is 41.3 Å². The molecule has 0 amide bonds. The van der Waals surface area contributed by atoms with E-state index in [9.17, 15) is 5.11 Å². The summed E-state index contributed by atoms with van der Waals surface area (Å²) in [6.07, 6.45) is 3.73. The number of hydrogen-bond acceptors (Lipinski definition) is 8. The SMILES string of the molecule is CC(P)=CC(=N)CNc1nc(C)c(-c2nc3ccccc3s2)c(NC2(C)CCC(CO)C2C)n1. The molecule has 4 atom stereocenters. The Kier molecular flexibility index (Phi) is 7.31. The number of aliphatic hydroxyl groups excluding tert-OH is 1. The highest BCUT2D eigenvalue weighted by atomic mass is 32.1. The van der Waals surface area contributed by atoms with E-state index >= 15 is 0 Å². The molecule has 4 N–H and O–H groups in total. The summed E-state index contributed by atoms with van der Waals surface area (Å²) in [5.74, 6) is 1.78. The summed E-state index contributed by atoms with van der Waals surface area (Å²) in [5, 5.41) is 26.8. The Balaban J connectivity index is 1.74. The number of aryl methyl sites for hydroxylation is 1. The lowest BCUT2D eigenvalue weighted by atomic mass is 9.86. The number of aromatic nitrogens is 3. The molecule has 4 rings (SSSR count). The summed E-state index contributed by atoms with van der Waals surface area (Å²) < 4.78 is 1.12. The summed E-state index contributed by atoms with van der Waals surface area (Å²) in [5.41, 5.74) is 2.95. The van der Waals surface area contributed by atoms with Crippen molar-refractivity contribution < 1.29 is 5.11 Å². The molecule has 0 bridgehead atoms. The summed E-state index contributed by atoms with van der Waals surface area (Å²) in [7, 11) is 2.60. The van der Waals surface area contributed by atoms with Crippen molar-refractivity contribution in [2.75, 3.05) is 23.8 Å². The zero-order chi connectivity index (χ0) is 24.5. The van der Waals surface area contributed by atoms with Crippen molar-refractivity contribution in [1.82, 2.24) is 15.0 Å². The molecule has 0 saturated heterocycles. The highest BCUT2D eigenvalue weighted by molar-refractivity contribution is 7.22. The first-order chi connectivity index (χ1) is 16.2. The average molecular weight is 497 g/mol. The third kappa shape index (κ3) is 5.14. The Morgan fingerprint density at radius 3 is 2.76 bits per heavy atom. The number of nitrogens with zero attached hydrogens (tertiary/aromatic N) is 3. The molecule has 0 aliphatic heterocycles. The Morgan fingerprint density at radius 2 is 2.09 bits per heavy atom. The maximum atomic E-state index is 9.82. The minimum atomic E-state index is -0.205. The molecule has 1 aromatic carbocycles. The molecule has 1 fully saturated rings. The van der Waals surface area contributed by atoms with Crippen molar-refractivity contribution in [2.24, 2.45) is 11.8 Å². The summed E-state index contributed by atoms with van der Waals surface area (Å²) in [6, 6.07) is 8.12. The fourth-order valence-electron chi connectivity index (χ4n) is 4.66. The van der Waals surface area contributed by atoms with Gasteiger partial charge in [0.05, 0.1) is 33.7 Å². The van der Waals surface area contributed by atoms with Gasteiger partial charge in [-0.05, 0) is 63.7 Å². The second kappa shape index (κ2) is 10.1. The Morgan fingerprint density at radius 1 is 1.32 bits per heavy atom. The normalized spacial score (nSPS) is 22.8. The van der Waals surface area contributed by atoms with Crippen LogP contribution in [0.15, 0.2) is 35.7 Å². The Labute approximate surface area is 207 Å². The smallest absolute Gasteiger partial charge is 0.225 e. The molecular weight excluding hydrogens is 463 g/mol. The first-order valence-electron chi connectivity index (χ1n) is 11.6. The van der Waals surface area contributed by atoms with E-state index in [4.69, 9.17) is 20.4 Å². The molecular formula is C25H33N6OPS. The van der Waals surface area contributed by atoms with E-state index in [-0.39, 0.29) is 24.0 Å². The van der Waals surface area contributed by atoms with E-state index in [0.717, 1.165) is 50.5 Å². The fraction of sp³-hybridized carbons (Fsp3) is 0.440. The van der Waals surface area contributed by atoms with Crippen LogP contribution in [0.3, 0.4) is 0 Å². The molecule has 0 spiro atoms. The molecule has 1 aliphatic carbocycles. The summed E-state index contributed by atoms with van der Waals surface area (Å²) in [6.45, 7) is 8.87. The second-order valence-corrected chi connectivity index (χ2v) is 11.4. The number of nitrogens with one attached hydrogen (secondary N) is 3. The highest BCUT2D eigenvalue weighted by Crippen LogP contribution is 2.44. The Bertz CT molecular complexity index is 1200. The van der Waals surface area contributed by atoms with Gasteiger partial charge in [-0.2, -0.15) is 4.98 Å². The van der Waals surface area contributed by atoms with Gasteiger partial charge in [0.15, 0.2) is 0 Å². The van der Waals surface area contributed by atoms with Crippen LogP contribution in [0, 0.1) is 24.2 Å². The summed E-state index contributed by atoms with van der Waals surface area (Å²) in [4.78, 5) is 14.5. The van der Waals surface area contributed by atoms with E-state index in [2.05, 4.69) is 39.8 Å². The van der Waals surface area contributed by atoms with E-state index in [0.29, 0.717) is 18.2 Å². The van der Waals surface area contributed by atoms with E-state index < -0.39 is 0 Å². The zero-order valence-corrected chi connectivity index (χ0v) is 22.1. The van der Waals surface area contributed by atoms with Gasteiger partial charge in [-0.3, -0.25) is 0 Å². The first-order valence-corrected chi connectivity index (χ1v) is 13.0. The molecule has 2 aromatic heterocycles. The molecule has 2 heterocycles. The third-order valence-corrected chi connectivity index (χ3v) is 8.04. The molecule has 1 aliphatic rings. The van der Waals surface area contributed by atoms with Gasteiger partial charge in [0.1, 0.15) is 10.8 Å². The number of anilines is 2. The van der Waals surface area contributed by atoms with Gasteiger partial charge in [0.2, 0.25) is 5.95 Å². The van der Waals surface area contributed by atoms with Crippen LogP contribution in [-0.2, 0) is 0 Å². The molecule has 9 heteroatoms. The molecule has 4 unspecified atom stereocenters. The molecule has 0 radical (unpaired) electrons. The summed E-state index contributed by atoms with van der Waals surface area (Å²) >= 11 is 1.64. The van der Waals surface area contributed by atoms with Gasteiger partial charge in [-0.1, -0.05) is 24.4 Å². The number of benzene rings is 1. The van der Waals surface area contributed by atoms with Gasteiger partial charge in [0.25, 0.3) is 0 Å². The number of aliphatic hydroxyl groups is 1. The lowest BCUT2D eigenvalue weighted by Gasteiger charge is -2.34. The maximum Gasteiger partial charge on any atom is 0.225 e. The van der Waals surface area contributed by atoms with Gasteiger partial charge < -0.3 is 21.1 Å². The molecule has 34 heavy (non-hydrogen) atoms. The van der Waals surface area contributed by atoms with Crippen molar-refractivity contribution in [2.45, 2.75) is 46.1 Å². The van der Waals surface area contributed by atoms with Crippen LogP contribution in [0.4, 0.5) is 11.8 Å². The van der Waals surface area contributed by atoms with Gasteiger partial charge in [-0.15, -0.1) is 20.6 Å². The number of rotatable bonds is 8. The van der Waals surface area contributed by atoms with Crippen LogP contribution in [-0.4, -0.2) is 44.5 Å². The fourth-order valence-corrected chi connectivity index (χ4v) is 5.92. The van der Waals surface area contributed by atoms with Crippen LogP contribution >= 0.6 is 20.6 Å². The first kappa shape index (κ1) is 24.7. The van der Waals surface area contributed by atoms with Crippen molar-refractivity contribution in [1.29, 1.82) is 5.41 Å². The van der Waals surface area contributed by atoms with E-state index in [1.807, 2.05) is 32.0 Å². The van der Waals surface area contributed by atoms with Crippen LogP contribution < -0.4 is 10.6 Å². The molecule has 180 valence electrons. The van der Waals surface area contributed by atoms with Gasteiger partial charge in [0, 0.05) is 12.1 Å². The van der Waals surface area contributed by atoms with Crippen molar-refractivity contribution in [3.8, 4) is 10.6 Å². The molecule has 1 saturated carbocycles. The minimum Gasteiger partial charge on any atom is -0.396 e. The molecule has 7 nitrogen and oxygen atoms in total. The van der Waals surface area contributed by atoms with E-state index in [1.165, 1.54) is 0 Å². The lowest BCUT2D eigenvalue weighted by Crippen LogP contribution is -2.40. The van der Waals surface area contributed by atoms with Crippen molar-refractivity contribution in [3.63, 3.8) is 0 Å². The topological polar surface area (TPSA) is 107 Å². The number of fused-ring (bicyclic) bond motifs is 1. The number of thiazole rings is 1. The monoisotopic (exact) mass is 496 g/mol. The molecule has 3 aromatic rings. The Hall–Kier alpha value is -2.41. The van der Waals surface area contributed by atoms with Crippen LogP contribution in [0.25, 0.3) is 20.8 Å². The van der Waals surface area contributed by atoms with Crippen LogP contribution in [0.2, 0.25) is 0 Å². The predicted octanol–water partition coefficient (Wildman–Crippen LogP) is 5.48. The number of hydrogen-bond donors (Lipinski definition) is 4. The minimum absolute atomic E-state index is 0.198. The van der Waals surface area contributed by atoms with Crippen LogP contribution in [0.1, 0.15) is 39.3 Å². The van der Waals surface area contributed by atoms with E-state index in [1.54, 1.807) is 17.4 Å².